The predicted octanol–water partition coefficient (Wildman–Crippen LogP) is 2.98. The molecule has 1 aliphatic rings. The number of carbonyl (C=O) groups excluding carboxylic acids is 2. The molecule has 0 saturated carbocycles. The molecule has 2 aromatic carbocycles. The number of benzene rings is 2. The highest BCUT2D eigenvalue weighted by Crippen LogP contribution is 2.28. The molecule has 32 heavy (non-hydrogen) atoms. The van der Waals surface area contributed by atoms with Gasteiger partial charge in [0.05, 0.1) is 19.3 Å². The van der Waals surface area contributed by atoms with Crippen molar-refractivity contribution in [3.8, 4) is 5.75 Å². The van der Waals surface area contributed by atoms with Crippen molar-refractivity contribution in [3.63, 3.8) is 0 Å². The number of anilines is 1. The maximum Gasteiger partial charge on any atom is 0.254 e. The molecule has 0 bridgehead atoms. The van der Waals surface area contributed by atoms with E-state index in [0.29, 0.717) is 42.4 Å². The summed E-state index contributed by atoms with van der Waals surface area (Å²) in [5, 5.41) is 3.01. The number of ether oxygens (including phenoxy) is 1. The van der Waals surface area contributed by atoms with E-state index in [1.165, 1.54) is 30.6 Å². The molecule has 1 aliphatic heterocycles. The summed E-state index contributed by atoms with van der Waals surface area (Å²) in [4.78, 5) is 25.8. The molecule has 2 amide bonds. The number of carbonyl (C=O) groups is 2. The SMILES string of the molecule is COc1ccc(Cl)cc1NC(=O)CN(C)C(=O)c1ccc(F)c(S(=O)(=O)N2CCCC2)c1. The van der Waals surface area contributed by atoms with E-state index in [2.05, 4.69) is 5.32 Å². The second kappa shape index (κ2) is 9.85. The van der Waals surface area contributed by atoms with Gasteiger partial charge in [0.1, 0.15) is 16.5 Å². The molecular formula is C21H23ClFN3O5S. The number of methoxy groups -OCH3 is 1. The first-order valence-corrected chi connectivity index (χ1v) is 11.6. The van der Waals surface area contributed by atoms with Crippen LogP contribution in [0, 0.1) is 5.82 Å². The lowest BCUT2D eigenvalue weighted by Gasteiger charge is -2.19. The van der Waals surface area contributed by atoms with Gasteiger partial charge in [0, 0.05) is 30.7 Å². The third-order valence-electron chi connectivity index (χ3n) is 5.02. The van der Waals surface area contributed by atoms with Crippen LogP contribution in [-0.2, 0) is 14.8 Å². The second-order valence-corrected chi connectivity index (χ2v) is 9.65. The fraction of sp³-hybridized carbons (Fsp3) is 0.333. The molecule has 1 N–H and O–H groups in total. The molecule has 0 unspecified atom stereocenters. The van der Waals surface area contributed by atoms with Gasteiger partial charge in [0.25, 0.3) is 5.91 Å². The van der Waals surface area contributed by atoms with Crippen molar-refractivity contribution in [3.05, 3.63) is 52.8 Å². The number of sulfonamides is 1. The minimum Gasteiger partial charge on any atom is -0.495 e. The van der Waals surface area contributed by atoms with Crippen molar-refractivity contribution in [2.24, 2.45) is 0 Å². The molecule has 11 heteroatoms. The molecule has 2 aromatic rings. The normalized spacial score (nSPS) is 14.2. The Labute approximate surface area is 191 Å². The molecule has 1 heterocycles. The summed E-state index contributed by atoms with van der Waals surface area (Å²) >= 11 is 5.95. The molecule has 0 aromatic heterocycles. The van der Waals surface area contributed by atoms with E-state index in [1.54, 1.807) is 12.1 Å². The van der Waals surface area contributed by atoms with Gasteiger partial charge < -0.3 is 15.0 Å². The van der Waals surface area contributed by atoms with Crippen LogP contribution in [0.2, 0.25) is 5.02 Å². The van der Waals surface area contributed by atoms with Gasteiger partial charge in [-0.1, -0.05) is 11.6 Å². The van der Waals surface area contributed by atoms with Gasteiger partial charge in [-0.3, -0.25) is 9.59 Å². The zero-order valence-corrected chi connectivity index (χ0v) is 19.2. The van der Waals surface area contributed by atoms with Crippen molar-refractivity contribution in [2.75, 3.05) is 39.1 Å². The van der Waals surface area contributed by atoms with Gasteiger partial charge in [-0.25, -0.2) is 12.8 Å². The Morgan fingerprint density at radius 3 is 2.53 bits per heavy atom. The summed E-state index contributed by atoms with van der Waals surface area (Å²) in [6.07, 6.45) is 1.41. The lowest BCUT2D eigenvalue weighted by molar-refractivity contribution is -0.116. The molecule has 0 aliphatic carbocycles. The highest BCUT2D eigenvalue weighted by atomic mass is 35.5. The molecule has 3 rings (SSSR count). The third-order valence-corrected chi connectivity index (χ3v) is 7.17. The zero-order valence-electron chi connectivity index (χ0n) is 17.6. The summed E-state index contributed by atoms with van der Waals surface area (Å²) in [6.45, 7) is 0.292. The largest absolute Gasteiger partial charge is 0.495 e. The summed E-state index contributed by atoms with van der Waals surface area (Å²) in [6, 6.07) is 7.85. The van der Waals surface area contributed by atoms with Gasteiger partial charge in [0.2, 0.25) is 15.9 Å². The van der Waals surface area contributed by atoms with E-state index in [1.807, 2.05) is 0 Å². The Morgan fingerprint density at radius 1 is 1.19 bits per heavy atom. The van der Waals surface area contributed by atoms with Crippen LogP contribution in [0.4, 0.5) is 10.1 Å². The Kier molecular flexibility index (Phi) is 7.37. The summed E-state index contributed by atoms with van der Waals surface area (Å²) in [5.74, 6) is -1.68. The number of rotatable bonds is 7. The van der Waals surface area contributed by atoms with Gasteiger partial charge >= 0.3 is 0 Å². The summed E-state index contributed by atoms with van der Waals surface area (Å²) in [7, 11) is -1.22. The first-order valence-electron chi connectivity index (χ1n) is 9.82. The van der Waals surface area contributed by atoms with Gasteiger partial charge in [-0.05, 0) is 49.2 Å². The minimum absolute atomic E-state index is 0.0418. The van der Waals surface area contributed by atoms with Crippen molar-refractivity contribution in [1.29, 1.82) is 0 Å². The standard InChI is InChI=1S/C21H23ClFN3O5S/c1-25(13-20(27)24-17-12-15(22)6-8-18(17)31-2)21(28)14-5-7-16(23)19(11-14)32(29,30)26-9-3-4-10-26/h5-8,11-12H,3-4,9-10,13H2,1-2H3,(H,24,27). The molecule has 0 spiro atoms. The Balaban J connectivity index is 1.75. The topological polar surface area (TPSA) is 96.0 Å². The summed E-state index contributed by atoms with van der Waals surface area (Å²) in [5.41, 5.74) is 0.298. The van der Waals surface area contributed by atoms with Crippen LogP contribution in [0.5, 0.6) is 5.75 Å². The van der Waals surface area contributed by atoms with Crippen LogP contribution in [0.25, 0.3) is 0 Å². The molecule has 8 nitrogen and oxygen atoms in total. The van der Waals surface area contributed by atoms with E-state index in [-0.39, 0.29) is 12.1 Å². The lowest BCUT2D eigenvalue weighted by Crippen LogP contribution is -2.35. The zero-order chi connectivity index (χ0) is 23.5. The van der Waals surface area contributed by atoms with Crippen LogP contribution in [0.3, 0.4) is 0 Å². The third kappa shape index (κ3) is 5.20. The fourth-order valence-corrected chi connectivity index (χ4v) is 5.16. The monoisotopic (exact) mass is 483 g/mol. The average Bonchev–Trinajstić information content (AvgIpc) is 3.29. The van der Waals surface area contributed by atoms with E-state index in [9.17, 15) is 22.4 Å². The number of amides is 2. The van der Waals surface area contributed by atoms with E-state index >= 15 is 0 Å². The number of nitrogens with zero attached hydrogens (tertiary/aromatic N) is 2. The van der Waals surface area contributed by atoms with E-state index < -0.39 is 32.6 Å². The number of hydrogen-bond donors (Lipinski definition) is 1. The molecule has 1 fully saturated rings. The predicted molar refractivity (Wildman–Crippen MR) is 118 cm³/mol. The first kappa shape index (κ1) is 24.0. The molecular weight excluding hydrogens is 461 g/mol. The van der Waals surface area contributed by atoms with Gasteiger partial charge in [0.15, 0.2) is 0 Å². The Morgan fingerprint density at radius 2 is 1.88 bits per heavy atom. The highest BCUT2D eigenvalue weighted by molar-refractivity contribution is 7.89. The van der Waals surface area contributed by atoms with Crippen LogP contribution >= 0.6 is 11.6 Å². The number of hydrogen-bond acceptors (Lipinski definition) is 5. The van der Waals surface area contributed by atoms with Gasteiger partial charge in [-0.15, -0.1) is 0 Å². The summed E-state index contributed by atoms with van der Waals surface area (Å²) < 4.78 is 46.2. The maximum absolute atomic E-state index is 14.3. The molecule has 0 radical (unpaired) electrons. The van der Waals surface area contributed by atoms with E-state index in [4.69, 9.17) is 16.3 Å². The quantitative estimate of drug-likeness (QED) is 0.653. The number of halogens is 2. The average molecular weight is 484 g/mol. The highest BCUT2D eigenvalue weighted by Gasteiger charge is 2.30. The lowest BCUT2D eigenvalue weighted by atomic mass is 10.2. The maximum atomic E-state index is 14.3. The van der Waals surface area contributed by atoms with Crippen LogP contribution in [0.15, 0.2) is 41.3 Å². The van der Waals surface area contributed by atoms with Gasteiger partial charge in [-0.2, -0.15) is 4.31 Å². The molecule has 172 valence electrons. The van der Waals surface area contributed by atoms with Crippen molar-refractivity contribution in [2.45, 2.75) is 17.7 Å². The van der Waals surface area contributed by atoms with Crippen LogP contribution in [-0.4, -0.2) is 63.2 Å². The molecule has 0 atom stereocenters. The Bertz CT molecular complexity index is 1140. The van der Waals surface area contributed by atoms with Crippen molar-refractivity contribution < 1.29 is 27.1 Å². The van der Waals surface area contributed by atoms with E-state index in [0.717, 1.165) is 17.0 Å². The minimum atomic E-state index is -4.04. The van der Waals surface area contributed by atoms with Crippen LogP contribution < -0.4 is 10.1 Å². The second-order valence-electron chi connectivity index (χ2n) is 7.31. The van der Waals surface area contributed by atoms with Crippen molar-refractivity contribution >= 4 is 39.1 Å². The van der Waals surface area contributed by atoms with Crippen molar-refractivity contribution in [1.82, 2.24) is 9.21 Å². The van der Waals surface area contributed by atoms with Crippen LogP contribution in [0.1, 0.15) is 23.2 Å². The Hall–Kier alpha value is -2.69. The fourth-order valence-electron chi connectivity index (χ4n) is 3.38. The smallest absolute Gasteiger partial charge is 0.254 e. The molecule has 1 saturated heterocycles. The number of likely N-dealkylation sites (N-methyl/N-ethyl adjacent to an activating group) is 1. The first-order chi connectivity index (χ1) is 15.1. The number of nitrogens with one attached hydrogen (secondary N) is 1.